The third kappa shape index (κ3) is 2.91. The Morgan fingerprint density at radius 3 is 3.00 bits per heavy atom. The highest BCUT2D eigenvalue weighted by molar-refractivity contribution is 9.10. The molecule has 0 saturated carbocycles. The molecule has 2 aromatic rings. The van der Waals surface area contributed by atoms with Crippen molar-refractivity contribution in [2.75, 3.05) is 0 Å². The Labute approximate surface area is 118 Å². The highest BCUT2D eigenvalue weighted by Crippen LogP contribution is 2.30. The fourth-order valence-electron chi connectivity index (χ4n) is 1.54. The molecule has 1 aromatic carbocycles. The molecule has 0 aliphatic carbocycles. The highest BCUT2D eigenvalue weighted by Gasteiger charge is 2.17. The van der Waals surface area contributed by atoms with Gasteiger partial charge in [-0.3, -0.25) is 0 Å². The minimum Gasteiger partial charge on any atom is -0.385 e. The minimum absolute atomic E-state index is 0.304. The van der Waals surface area contributed by atoms with Crippen LogP contribution in [-0.2, 0) is 0 Å². The Hall–Kier alpha value is -0.910. The Kier molecular flexibility index (Phi) is 4.37. The molecular weight excluding hydrogens is 320 g/mol. The fourth-order valence-corrected chi connectivity index (χ4v) is 2.13. The summed E-state index contributed by atoms with van der Waals surface area (Å²) in [6, 6.07) is 5.30. The van der Waals surface area contributed by atoms with Crippen LogP contribution >= 0.6 is 27.5 Å². The summed E-state index contributed by atoms with van der Waals surface area (Å²) in [7, 11) is 0. The first kappa shape index (κ1) is 13.5. The molecule has 0 aliphatic heterocycles. The van der Waals surface area contributed by atoms with E-state index < -0.39 is 6.10 Å². The monoisotopic (exact) mass is 330 g/mol. The van der Waals surface area contributed by atoms with Gasteiger partial charge in [0.05, 0.1) is 5.56 Å². The van der Waals surface area contributed by atoms with Gasteiger partial charge in [-0.1, -0.05) is 30.1 Å². The van der Waals surface area contributed by atoms with E-state index in [0.717, 1.165) is 10.9 Å². The predicted octanol–water partition coefficient (Wildman–Crippen LogP) is 3.99. The van der Waals surface area contributed by atoms with E-state index in [9.17, 15) is 5.11 Å². The Morgan fingerprint density at radius 1 is 1.50 bits per heavy atom. The van der Waals surface area contributed by atoms with Crippen LogP contribution in [0, 0.1) is 0 Å². The number of hydrogen-bond acceptors (Lipinski definition) is 4. The molecule has 4 nitrogen and oxygen atoms in total. The molecule has 0 fully saturated rings. The number of aliphatic hydroxyl groups is 1. The highest BCUT2D eigenvalue weighted by atomic mass is 79.9. The normalized spacial score (nSPS) is 12.7. The summed E-state index contributed by atoms with van der Waals surface area (Å²) in [6.07, 6.45) is 0.771. The van der Waals surface area contributed by atoms with Crippen molar-refractivity contribution in [2.45, 2.75) is 25.9 Å². The van der Waals surface area contributed by atoms with Crippen LogP contribution in [0.2, 0.25) is 5.02 Å². The van der Waals surface area contributed by atoms with E-state index >= 15 is 0 Å². The first-order valence-electron chi connectivity index (χ1n) is 5.59. The van der Waals surface area contributed by atoms with Gasteiger partial charge in [-0.15, -0.1) is 0 Å². The van der Waals surface area contributed by atoms with Gasteiger partial charge < -0.3 is 9.63 Å². The molecule has 0 saturated heterocycles. The van der Waals surface area contributed by atoms with Crippen molar-refractivity contribution in [3.8, 4) is 11.5 Å². The van der Waals surface area contributed by atoms with Crippen molar-refractivity contribution in [1.82, 2.24) is 10.1 Å². The molecule has 18 heavy (non-hydrogen) atoms. The Morgan fingerprint density at radius 2 is 2.28 bits per heavy atom. The van der Waals surface area contributed by atoms with E-state index in [4.69, 9.17) is 16.1 Å². The zero-order chi connectivity index (χ0) is 13.1. The maximum Gasteiger partial charge on any atom is 0.259 e. The summed E-state index contributed by atoms with van der Waals surface area (Å²) in [5.41, 5.74) is 0.713. The standard InChI is InChI=1S/C12H12BrClN2O2/c1-2-3-10(17)11-15-12(18-16-11)8-6-7(14)4-5-9(8)13/h4-6,10,17H,2-3H2,1H3. The summed E-state index contributed by atoms with van der Waals surface area (Å²) >= 11 is 9.32. The average molecular weight is 332 g/mol. The molecule has 0 radical (unpaired) electrons. The summed E-state index contributed by atoms with van der Waals surface area (Å²) in [6.45, 7) is 1.98. The minimum atomic E-state index is -0.689. The second-order valence-corrected chi connectivity index (χ2v) is 5.18. The van der Waals surface area contributed by atoms with Crippen LogP contribution in [0.25, 0.3) is 11.5 Å². The van der Waals surface area contributed by atoms with Gasteiger partial charge >= 0.3 is 0 Å². The van der Waals surface area contributed by atoms with E-state index in [0.29, 0.717) is 28.7 Å². The maximum atomic E-state index is 9.78. The number of hydrogen-bond donors (Lipinski definition) is 1. The quantitative estimate of drug-likeness (QED) is 0.920. The maximum absolute atomic E-state index is 9.78. The first-order valence-corrected chi connectivity index (χ1v) is 6.76. The topological polar surface area (TPSA) is 59.2 Å². The first-order chi connectivity index (χ1) is 8.61. The van der Waals surface area contributed by atoms with Gasteiger partial charge in [-0.05, 0) is 40.5 Å². The second kappa shape index (κ2) is 5.82. The van der Waals surface area contributed by atoms with Gasteiger partial charge in [0.15, 0.2) is 0 Å². The Balaban J connectivity index is 2.32. The van der Waals surface area contributed by atoms with Crippen LogP contribution in [-0.4, -0.2) is 15.2 Å². The average Bonchev–Trinajstić information content (AvgIpc) is 2.82. The third-order valence-electron chi connectivity index (χ3n) is 2.46. The lowest BCUT2D eigenvalue weighted by Crippen LogP contribution is -1.98. The van der Waals surface area contributed by atoms with Gasteiger partial charge in [-0.2, -0.15) is 4.98 Å². The van der Waals surface area contributed by atoms with Gasteiger partial charge in [0.25, 0.3) is 5.89 Å². The molecule has 0 amide bonds. The van der Waals surface area contributed by atoms with E-state index in [1.165, 1.54) is 0 Å². The van der Waals surface area contributed by atoms with E-state index in [2.05, 4.69) is 26.1 Å². The lowest BCUT2D eigenvalue weighted by molar-refractivity contribution is 0.153. The second-order valence-electron chi connectivity index (χ2n) is 3.89. The van der Waals surface area contributed by atoms with Crippen molar-refractivity contribution >= 4 is 27.5 Å². The van der Waals surface area contributed by atoms with Crippen LogP contribution in [0.15, 0.2) is 27.2 Å². The molecular formula is C12H12BrClN2O2. The largest absolute Gasteiger partial charge is 0.385 e. The molecule has 0 bridgehead atoms. The molecule has 1 unspecified atom stereocenters. The van der Waals surface area contributed by atoms with Gasteiger partial charge in [-0.25, -0.2) is 0 Å². The van der Waals surface area contributed by atoms with Crippen molar-refractivity contribution in [3.05, 3.63) is 33.5 Å². The molecule has 0 spiro atoms. The summed E-state index contributed by atoms with van der Waals surface area (Å²) in [4.78, 5) is 4.18. The molecule has 1 heterocycles. The zero-order valence-corrected chi connectivity index (χ0v) is 12.1. The predicted molar refractivity (Wildman–Crippen MR) is 72.3 cm³/mol. The van der Waals surface area contributed by atoms with Crippen molar-refractivity contribution < 1.29 is 9.63 Å². The molecule has 2 rings (SSSR count). The van der Waals surface area contributed by atoms with Crippen molar-refractivity contribution in [2.24, 2.45) is 0 Å². The number of benzene rings is 1. The van der Waals surface area contributed by atoms with Crippen molar-refractivity contribution in [3.63, 3.8) is 0 Å². The van der Waals surface area contributed by atoms with E-state index in [1.54, 1.807) is 12.1 Å². The molecule has 1 atom stereocenters. The smallest absolute Gasteiger partial charge is 0.259 e. The molecule has 96 valence electrons. The number of halogens is 2. The van der Waals surface area contributed by atoms with Gasteiger partial charge in [0.2, 0.25) is 5.82 Å². The van der Waals surface area contributed by atoms with Crippen molar-refractivity contribution in [1.29, 1.82) is 0 Å². The Bertz CT molecular complexity index is 545. The molecule has 1 N–H and O–H groups in total. The zero-order valence-electron chi connectivity index (χ0n) is 9.73. The molecule has 0 aliphatic rings. The lowest BCUT2D eigenvalue weighted by atomic mass is 10.2. The van der Waals surface area contributed by atoms with E-state index in [-0.39, 0.29) is 0 Å². The van der Waals surface area contributed by atoms with Crippen LogP contribution < -0.4 is 0 Å². The molecule has 6 heteroatoms. The van der Waals surface area contributed by atoms with Gasteiger partial charge in [0, 0.05) is 9.50 Å². The summed E-state index contributed by atoms with van der Waals surface area (Å²) < 4.78 is 5.96. The number of nitrogens with zero attached hydrogens (tertiary/aromatic N) is 2. The number of aliphatic hydroxyl groups excluding tert-OH is 1. The van der Waals surface area contributed by atoms with Crippen LogP contribution in [0.4, 0.5) is 0 Å². The number of aromatic nitrogens is 2. The third-order valence-corrected chi connectivity index (χ3v) is 3.39. The summed E-state index contributed by atoms with van der Waals surface area (Å²) in [5, 5.41) is 14.1. The van der Waals surface area contributed by atoms with Crippen LogP contribution in [0.1, 0.15) is 31.7 Å². The van der Waals surface area contributed by atoms with Crippen LogP contribution in [0.5, 0.6) is 0 Å². The SMILES string of the molecule is CCCC(O)c1noc(-c2cc(Cl)ccc2Br)n1. The molecule has 1 aromatic heterocycles. The van der Waals surface area contributed by atoms with Gasteiger partial charge in [0.1, 0.15) is 6.10 Å². The summed E-state index contributed by atoms with van der Waals surface area (Å²) in [5.74, 6) is 0.647. The van der Waals surface area contributed by atoms with Crippen LogP contribution in [0.3, 0.4) is 0 Å². The fraction of sp³-hybridized carbons (Fsp3) is 0.333. The number of rotatable bonds is 4. The van der Waals surface area contributed by atoms with E-state index in [1.807, 2.05) is 13.0 Å². The lowest BCUT2D eigenvalue weighted by Gasteiger charge is -2.01.